The van der Waals surface area contributed by atoms with Crippen LogP contribution in [-0.2, 0) is 27.2 Å². The molecule has 0 heterocycles. The summed E-state index contributed by atoms with van der Waals surface area (Å²) in [6.45, 7) is -0.893. The normalized spacial score (nSPS) is 12.5. The first kappa shape index (κ1) is 22.5. The lowest BCUT2D eigenvalue weighted by Crippen LogP contribution is -2.21. The Labute approximate surface area is 160 Å². The fraction of sp³-hybridized carbons (Fsp3) is 0.188. The third-order valence-electron chi connectivity index (χ3n) is 3.40. The molecule has 0 spiro atoms. The van der Waals surface area contributed by atoms with Crippen molar-refractivity contribution in [3.8, 4) is 5.75 Å². The smallest absolute Gasteiger partial charge is 0.416 e. The Bertz CT molecular complexity index is 969. The molecule has 2 aromatic carbocycles. The molecule has 0 bridgehead atoms. The molecule has 0 atom stereocenters. The Morgan fingerprint density at radius 1 is 0.931 bits per heavy atom. The summed E-state index contributed by atoms with van der Waals surface area (Å²) in [5.74, 6) is -1.70. The van der Waals surface area contributed by atoms with Gasteiger partial charge in [0.2, 0.25) is 10.0 Å². The second kappa shape index (κ2) is 7.91. The van der Waals surface area contributed by atoms with E-state index in [1.54, 1.807) is 0 Å². The number of carbonyl (C=O) groups excluding carboxylic acids is 1. The van der Waals surface area contributed by atoms with Crippen molar-refractivity contribution in [3.63, 3.8) is 0 Å². The number of halogens is 6. The summed E-state index contributed by atoms with van der Waals surface area (Å²) in [5.41, 5.74) is -3.06. The third-order valence-corrected chi connectivity index (χ3v) is 4.33. The number of alkyl halides is 6. The van der Waals surface area contributed by atoms with Gasteiger partial charge in [-0.3, -0.25) is 4.79 Å². The number of primary sulfonamides is 1. The minimum absolute atomic E-state index is 0.0695. The largest absolute Gasteiger partial charge is 0.484 e. The quantitative estimate of drug-likeness (QED) is 0.694. The monoisotopic (exact) mass is 442 g/mol. The van der Waals surface area contributed by atoms with Crippen molar-refractivity contribution < 1.29 is 44.3 Å². The Hall–Kier alpha value is -2.80. The predicted octanol–water partition coefficient (Wildman–Crippen LogP) is 3.39. The number of sulfonamides is 1. The van der Waals surface area contributed by atoms with Crippen LogP contribution in [0.5, 0.6) is 5.75 Å². The molecule has 2 rings (SSSR count). The van der Waals surface area contributed by atoms with Crippen molar-refractivity contribution in [1.82, 2.24) is 0 Å². The molecule has 6 nitrogen and oxygen atoms in total. The summed E-state index contributed by atoms with van der Waals surface area (Å²) in [5, 5.41) is 7.15. The molecule has 0 unspecified atom stereocenters. The summed E-state index contributed by atoms with van der Waals surface area (Å²) in [6, 6.07) is 5.16. The van der Waals surface area contributed by atoms with Crippen molar-refractivity contribution >= 4 is 21.6 Å². The van der Waals surface area contributed by atoms with Crippen molar-refractivity contribution in [3.05, 3.63) is 53.6 Å². The van der Waals surface area contributed by atoms with Crippen LogP contribution in [0.2, 0.25) is 0 Å². The van der Waals surface area contributed by atoms with Crippen LogP contribution in [0.25, 0.3) is 0 Å². The summed E-state index contributed by atoms with van der Waals surface area (Å²) in [4.78, 5) is 11.6. The van der Waals surface area contributed by atoms with Crippen molar-refractivity contribution in [2.75, 3.05) is 11.9 Å². The van der Waals surface area contributed by atoms with Gasteiger partial charge in [0.1, 0.15) is 5.75 Å². The zero-order valence-corrected chi connectivity index (χ0v) is 15.0. The highest BCUT2D eigenvalue weighted by Crippen LogP contribution is 2.38. The molecule has 0 aromatic heterocycles. The molecule has 0 aliphatic heterocycles. The molecule has 13 heteroatoms. The lowest BCUT2D eigenvalue weighted by Gasteiger charge is -2.14. The molecule has 0 radical (unpaired) electrons. The average Bonchev–Trinajstić information content (AvgIpc) is 2.58. The van der Waals surface area contributed by atoms with Crippen LogP contribution in [0.1, 0.15) is 11.1 Å². The first-order valence-corrected chi connectivity index (χ1v) is 9.06. The van der Waals surface area contributed by atoms with E-state index in [1.165, 1.54) is 12.1 Å². The topological polar surface area (TPSA) is 98.5 Å². The van der Waals surface area contributed by atoms with Gasteiger partial charge in [0.25, 0.3) is 5.91 Å². The maximum Gasteiger partial charge on any atom is 0.416 e. The van der Waals surface area contributed by atoms with E-state index >= 15 is 0 Å². The SMILES string of the molecule is NS(=O)(=O)c1ccc(NC(=O)COc2cc(C(F)(F)F)cc(C(F)(F)F)c2)cc1. The number of carbonyl (C=O) groups is 1. The molecule has 0 fully saturated rings. The molecular weight excluding hydrogens is 430 g/mol. The zero-order chi connectivity index (χ0) is 22.0. The summed E-state index contributed by atoms with van der Waals surface area (Å²) < 4.78 is 104. The van der Waals surface area contributed by atoms with Gasteiger partial charge < -0.3 is 10.1 Å². The van der Waals surface area contributed by atoms with Gasteiger partial charge in [0.15, 0.2) is 6.61 Å². The standard InChI is InChI=1S/C16H12F6N2O4S/c17-15(18,19)9-5-10(16(20,21)22)7-12(6-9)28-8-14(25)24-11-1-3-13(4-2-11)29(23,26)27/h1-7H,8H2,(H,24,25)(H2,23,26,27). The first-order valence-electron chi connectivity index (χ1n) is 7.51. The van der Waals surface area contributed by atoms with E-state index in [0.717, 1.165) is 12.1 Å². The van der Waals surface area contributed by atoms with E-state index in [4.69, 9.17) is 9.88 Å². The molecule has 29 heavy (non-hydrogen) atoms. The van der Waals surface area contributed by atoms with Crippen LogP contribution in [0.4, 0.5) is 32.0 Å². The van der Waals surface area contributed by atoms with E-state index in [-0.39, 0.29) is 16.6 Å². The van der Waals surface area contributed by atoms with Gasteiger partial charge in [-0.2, -0.15) is 26.3 Å². The number of ether oxygens (including phenoxy) is 1. The molecular formula is C16H12F6N2O4S. The highest BCUT2D eigenvalue weighted by atomic mass is 32.2. The second-order valence-electron chi connectivity index (χ2n) is 5.65. The minimum Gasteiger partial charge on any atom is -0.484 e. The number of nitrogens with two attached hydrogens (primary N) is 1. The van der Waals surface area contributed by atoms with Crippen LogP contribution in [0.15, 0.2) is 47.4 Å². The zero-order valence-electron chi connectivity index (χ0n) is 14.1. The first-order chi connectivity index (χ1) is 13.2. The van der Waals surface area contributed by atoms with Crippen LogP contribution in [-0.4, -0.2) is 20.9 Å². The highest BCUT2D eigenvalue weighted by molar-refractivity contribution is 7.89. The highest BCUT2D eigenvalue weighted by Gasteiger charge is 2.37. The number of rotatable bonds is 5. The van der Waals surface area contributed by atoms with Crippen molar-refractivity contribution in [1.29, 1.82) is 0 Å². The van der Waals surface area contributed by atoms with E-state index in [9.17, 15) is 39.6 Å². The number of benzene rings is 2. The van der Waals surface area contributed by atoms with Crippen LogP contribution in [0, 0.1) is 0 Å². The minimum atomic E-state index is -5.05. The van der Waals surface area contributed by atoms with Crippen LogP contribution in [0.3, 0.4) is 0 Å². The molecule has 3 N–H and O–H groups in total. The summed E-state index contributed by atoms with van der Waals surface area (Å²) >= 11 is 0. The predicted molar refractivity (Wildman–Crippen MR) is 88.4 cm³/mol. The fourth-order valence-electron chi connectivity index (χ4n) is 2.08. The van der Waals surface area contributed by atoms with Gasteiger partial charge in [-0.05, 0) is 42.5 Å². The van der Waals surface area contributed by atoms with Gasteiger partial charge >= 0.3 is 12.4 Å². The number of hydrogen-bond acceptors (Lipinski definition) is 4. The van der Waals surface area contributed by atoms with Gasteiger partial charge in [-0.1, -0.05) is 0 Å². The van der Waals surface area contributed by atoms with Crippen LogP contribution >= 0.6 is 0 Å². The van der Waals surface area contributed by atoms with E-state index in [1.807, 2.05) is 0 Å². The lowest BCUT2D eigenvalue weighted by atomic mass is 10.1. The molecule has 0 saturated heterocycles. The van der Waals surface area contributed by atoms with Crippen molar-refractivity contribution in [2.45, 2.75) is 17.2 Å². The number of amides is 1. The van der Waals surface area contributed by atoms with Gasteiger partial charge in [-0.25, -0.2) is 13.6 Å². The number of hydrogen-bond donors (Lipinski definition) is 2. The third kappa shape index (κ3) is 6.35. The van der Waals surface area contributed by atoms with Gasteiger partial charge in [0.05, 0.1) is 16.0 Å². The molecule has 1 amide bonds. The Morgan fingerprint density at radius 2 is 1.41 bits per heavy atom. The molecule has 2 aromatic rings. The summed E-state index contributed by atoms with van der Waals surface area (Å²) in [6.07, 6.45) is -10.1. The number of nitrogens with one attached hydrogen (secondary N) is 1. The number of anilines is 1. The van der Waals surface area contributed by atoms with Gasteiger partial charge in [0, 0.05) is 5.69 Å². The Morgan fingerprint density at radius 3 is 1.83 bits per heavy atom. The molecule has 158 valence electrons. The van der Waals surface area contributed by atoms with E-state index in [0.29, 0.717) is 12.1 Å². The fourth-order valence-corrected chi connectivity index (χ4v) is 2.60. The second-order valence-corrected chi connectivity index (χ2v) is 7.21. The Kier molecular flexibility index (Phi) is 6.13. The maximum atomic E-state index is 12.8. The van der Waals surface area contributed by atoms with Gasteiger partial charge in [-0.15, -0.1) is 0 Å². The average molecular weight is 442 g/mol. The maximum absolute atomic E-state index is 12.8. The molecule has 0 saturated carbocycles. The summed E-state index contributed by atoms with van der Waals surface area (Å²) in [7, 11) is -3.95. The molecule has 0 aliphatic rings. The molecule has 0 aliphatic carbocycles. The lowest BCUT2D eigenvalue weighted by molar-refractivity contribution is -0.143. The van der Waals surface area contributed by atoms with Crippen molar-refractivity contribution in [2.24, 2.45) is 5.14 Å². The Balaban J connectivity index is 2.11. The van der Waals surface area contributed by atoms with Crippen LogP contribution < -0.4 is 15.2 Å². The van der Waals surface area contributed by atoms with E-state index < -0.39 is 51.8 Å². The van der Waals surface area contributed by atoms with E-state index in [2.05, 4.69) is 5.32 Å².